The molecular weight excluding hydrogens is 903 g/mol. The van der Waals surface area contributed by atoms with Crippen molar-refractivity contribution in [1.29, 1.82) is 0 Å². The Bertz CT molecular complexity index is 3880. The van der Waals surface area contributed by atoms with Crippen LogP contribution in [0.5, 0.6) is 0 Å². The maximum absolute atomic E-state index is 2.46. The van der Waals surface area contributed by atoms with Crippen LogP contribution in [0, 0.1) is 0 Å². The molecule has 0 unspecified atom stereocenters. The number of hydrogen-bond acceptors (Lipinski definition) is 4. The summed E-state index contributed by atoms with van der Waals surface area (Å²) < 4.78 is 2.50. The fraction of sp³-hybridized carbons (Fsp3) is 0.0435. The Kier molecular flexibility index (Phi) is 11.1. The first-order valence-corrected chi connectivity index (χ1v) is 25.9. The summed E-state index contributed by atoms with van der Waals surface area (Å²) in [7, 11) is 0. The highest BCUT2D eigenvalue weighted by Crippen LogP contribution is 2.52. The van der Waals surface area contributed by atoms with Crippen LogP contribution in [-0.4, -0.2) is 0 Å². The van der Waals surface area contributed by atoms with Gasteiger partial charge in [-0.15, -0.1) is 11.3 Å². The van der Waals surface area contributed by atoms with Crippen LogP contribution in [0.1, 0.15) is 25.0 Å². The van der Waals surface area contributed by atoms with E-state index < -0.39 is 0 Å². The van der Waals surface area contributed by atoms with Gasteiger partial charge >= 0.3 is 0 Å². The predicted molar refractivity (Wildman–Crippen MR) is 312 cm³/mol. The van der Waals surface area contributed by atoms with Gasteiger partial charge < -0.3 is 14.7 Å². The smallest absolute Gasteiger partial charge is 0.0476 e. The summed E-state index contributed by atoms with van der Waals surface area (Å²) in [6.45, 7) is 4.71. The molecule has 13 rings (SSSR count). The lowest BCUT2D eigenvalue weighted by Crippen LogP contribution is -2.15. The lowest BCUT2D eigenvalue weighted by atomic mass is 9.82. The number of fused-ring (bicyclic) bond motifs is 6. The molecule has 0 N–H and O–H groups in total. The van der Waals surface area contributed by atoms with E-state index in [1.807, 2.05) is 11.3 Å². The quantitative estimate of drug-likeness (QED) is 0.128. The SMILES string of the molecule is CC1(C)c2ccccc2-c2cc(N(c3cccc(-c4ccccc4-c4cccc(N(c5ccccc5)c5ccccc5)c4)c3)c3ccc4c(c3)sc3cc(N(c5ccccc5)c5ccccc5)ccc34)ccc21. The predicted octanol–water partition coefficient (Wildman–Crippen LogP) is 20.1. The number of anilines is 9. The van der Waals surface area contributed by atoms with Gasteiger partial charge in [0.25, 0.3) is 0 Å². The van der Waals surface area contributed by atoms with Gasteiger partial charge in [0.05, 0.1) is 0 Å². The van der Waals surface area contributed by atoms with Crippen molar-refractivity contribution in [2.75, 3.05) is 14.7 Å². The van der Waals surface area contributed by atoms with Crippen molar-refractivity contribution in [1.82, 2.24) is 0 Å². The van der Waals surface area contributed by atoms with Gasteiger partial charge in [-0.25, -0.2) is 0 Å². The highest BCUT2D eigenvalue weighted by Gasteiger charge is 2.35. The molecule has 0 saturated heterocycles. The summed E-state index contributed by atoms with van der Waals surface area (Å²) in [5.74, 6) is 0. The molecule has 1 aliphatic carbocycles. The van der Waals surface area contributed by atoms with Crippen LogP contribution in [0.3, 0.4) is 0 Å². The summed E-state index contributed by atoms with van der Waals surface area (Å²) in [6.07, 6.45) is 0. The third-order valence-electron chi connectivity index (χ3n) is 14.6. The van der Waals surface area contributed by atoms with Gasteiger partial charge in [0.1, 0.15) is 0 Å². The average Bonchev–Trinajstić information content (AvgIpc) is 3.93. The van der Waals surface area contributed by atoms with Crippen LogP contribution in [0.4, 0.5) is 51.2 Å². The van der Waals surface area contributed by atoms with Gasteiger partial charge in [0.2, 0.25) is 0 Å². The van der Waals surface area contributed by atoms with Gasteiger partial charge in [-0.05, 0) is 154 Å². The van der Waals surface area contributed by atoms with Crippen LogP contribution >= 0.6 is 11.3 Å². The van der Waals surface area contributed by atoms with E-state index in [9.17, 15) is 0 Å². The number of nitrogens with zero attached hydrogens (tertiary/aromatic N) is 3. The van der Waals surface area contributed by atoms with E-state index >= 15 is 0 Å². The number of benzene rings is 11. The van der Waals surface area contributed by atoms with Crippen molar-refractivity contribution in [3.8, 4) is 33.4 Å². The number of thiophene rings is 1. The van der Waals surface area contributed by atoms with Crippen molar-refractivity contribution in [3.63, 3.8) is 0 Å². The summed E-state index contributed by atoms with van der Waals surface area (Å²) in [4.78, 5) is 7.13. The molecule has 348 valence electrons. The third kappa shape index (κ3) is 7.94. The van der Waals surface area contributed by atoms with Gasteiger partial charge in [-0.3, -0.25) is 0 Å². The Labute approximate surface area is 431 Å². The Morgan fingerprint density at radius 1 is 0.260 bits per heavy atom. The normalized spacial score (nSPS) is 12.4. The number of para-hydroxylation sites is 4. The Hall–Kier alpha value is -8.96. The third-order valence-corrected chi connectivity index (χ3v) is 15.7. The van der Waals surface area contributed by atoms with Crippen LogP contribution in [0.2, 0.25) is 0 Å². The molecule has 0 atom stereocenters. The van der Waals surface area contributed by atoms with Gasteiger partial charge in [0, 0.05) is 76.8 Å². The maximum atomic E-state index is 2.46. The van der Waals surface area contributed by atoms with Crippen LogP contribution < -0.4 is 14.7 Å². The summed E-state index contributed by atoms with van der Waals surface area (Å²) in [6, 6.07) is 99.4. The molecule has 73 heavy (non-hydrogen) atoms. The molecular formula is C69H51N3S. The highest BCUT2D eigenvalue weighted by molar-refractivity contribution is 7.25. The van der Waals surface area contributed by atoms with E-state index in [4.69, 9.17) is 0 Å². The topological polar surface area (TPSA) is 9.72 Å². The van der Waals surface area contributed by atoms with E-state index in [1.165, 1.54) is 53.6 Å². The Balaban J connectivity index is 0.935. The molecule has 1 aromatic heterocycles. The molecule has 0 spiro atoms. The zero-order valence-electron chi connectivity index (χ0n) is 40.7. The van der Waals surface area contributed by atoms with Crippen molar-refractivity contribution in [2.45, 2.75) is 19.3 Å². The van der Waals surface area contributed by atoms with Crippen molar-refractivity contribution < 1.29 is 0 Å². The first kappa shape index (κ1) is 44.0. The van der Waals surface area contributed by atoms with Gasteiger partial charge in [-0.2, -0.15) is 0 Å². The summed E-state index contributed by atoms with van der Waals surface area (Å²) >= 11 is 1.86. The molecule has 3 nitrogen and oxygen atoms in total. The molecule has 12 aromatic rings. The van der Waals surface area contributed by atoms with Crippen molar-refractivity contribution >= 4 is 82.7 Å². The Morgan fingerprint density at radius 3 is 1.07 bits per heavy atom. The lowest BCUT2D eigenvalue weighted by molar-refractivity contribution is 0.660. The second-order valence-corrected chi connectivity index (χ2v) is 20.4. The van der Waals surface area contributed by atoms with E-state index in [1.54, 1.807) is 0 Å². The van der Waals surface area contributed by atoms with E-state index in [0.717, 1.165) is 62.3 Å². The molecule has 4 heteroatoms. The molecule has 0 aliphatic heterocycles. The van der Waals surface area contributed by atoms with Crippen molar-refractivity contribution in [3.05, 3.63) is 284 Å². The molecule has 0 saturated carbocycles. The largest absolute Gasteiger partial charge is 0.310 e. The summed E-state index contributed by atoms with van der Waals surface area (Å²) in [5, 5.41) is 2.52. The van der Waals surface area contributed by atoms with E-state index in [2.05, 4.69) is 302 Å². The maximum Gasteiger partial charge on any atom is 0.0476 e. The molecule has 1 aliphatic rings. The summed E-state index contributed by atoms with van der Waals surface area (Å²) in [5.41, 5.74) is 19.9. The fourth-order valence-electron chi connectivity index (χ4n) is 11.1. The fourth-order valence-corrected chi connectivity index (χ4v) is 12.3. The second kappa shape index (κ2) is 18.3. The van der Waals surface area contributed by atoms with E-state index in [0.29, 0.717) is 0 Å². The lowest BCUT2D eigenvalue weighted by Gasteiger charge is -2.28. The van der Waals surface area contributed by atoms with Crippen LogP contribution in [0.25, 0.3) is 53.6 Å². The molecule has 0 fully saturated rings. The number of hydrogen-bond donors (Lipinski definition) is 0. The molecule has 0 radical (unpaired) electrons. The minimum Gasteiger partial charge on any atom is -0.310 e. The monoisotopic (exact) mass is 953 g/mol. The first-order chi connectivity index (χ1) is 36.0. The standard InChI is InChI=1S/C69H51N3S/c1-69(2)65-36-18-17-35-61(65)64-45-56(39-42-66(64)69)72(58-38-41-63-62-40-37-57(46-67(62)73-68(63)47-58)71(52-27-11-5-12-28-52)53-29-13-6-14-30-53)55-32-20-22-49(44-55)60-34-16-15-33-59(60)48-21-19-31-54(43-48)70(50-23-7-3-8-24-50)51-25-9-4-10-26-51/h3-47H,1-2H3. The highest BCUT2D eigenvalue weighted by atomic mass is 32.1. The zero-order chi connectivity index (χ0) is 48.9. The molecule has 1 heterocycles. The minimum atomic E-state index is -0.0963. The Morgan fingerprint density at radius 2 is 0.603 bits per heavy atom. The van der Waals surface area contributed by atoms with Crippen molar-refractivity contribution in [2.24, 2.45) is 0 Å². The molecule has 0 bridgehead atoms. The van der Waals surface area contributed by atoms with E-state index in [-0.39, 0.29) is 5.41 Å². The molecule has 0 amide bonds. The van der Waals surface area contributed by atoms with Crippen LogP contribution in [0.15, 0.2) is 273 Å². The first-order valence-electron chi connectivity index (χ1n) is 25.1. The van der Waals surface area contributed by atoms with Gasteiger partial charge in [0.15, 0.2) is 0 Å². The molecule has 11 aromatic carbocycles. The minimum absolute atomic E-state index is 0.0963. The van der Waals surface area contributed by atoms with Crippen LogP contribution in [-0.2, 0) is 5.41 Å². The zero-order valence-corrected chi connectivity index (χ0v) is 41.5. The van der Waals surface area contributed by atoms with Gasteiger partial charge in [-0.1, -0.05) is 178 Å². The average molecular weight is 954 g/mol. The second-order valence-electron chi connectivity index (χ2n) is 19.4. The number of rotatable bonds is 11.